The normalized spacial score (nSPS) is 20.5. The van der Waals surface area contributed by atoms with Crippen LogP contribution >= 0.6 is 11.3 Å². The average Bonchev–Trinajstić information content (AvgIpc) is 3.50. The summed E-state index contributed by atoms with van der Waals surface area (Å²) in [6.45, 7) is 8.87. The Balaban J connectivity index is 1.42. The van der Waals surface area contributed by atoms with Gasteiger partial charge in [0.25, 0.3) is 0 Å². The van der Waals surface area contributed by atoms with Crippen LogP contribution in [0.2, 0.25) is 0 Å². The molecule has 1 atom stereocenters. The van der Waals surface area contributed by atoms with Crippen molar-refractivity contribution in [2.24, 2.45) is 4.99 Å². The van der Waals surface area contributed by atoms with E-state index in [-0.39, 0.29) is 18.5 Å². The molecule has 1 aromatic carbocycles. The third kappa shape index (κ3) is 5.97. The molecule has 0 bridgehead atoms. The topological polar surface area (TPSA) is 99.6 Å². The smallest absolute Gasteiger partial charge is 0.338 e. The number of thiazole rings is 1. The Morgan fingerprint density at radius 2 is 1.90 bits per heavy atom. The molecule has 39 heavy (non-hydrogen) atoms. The predicted octanol–water partition coefficient (Wildman–Crippen LogP) is 2.57. The molecule has 2 saturated heterocycles. The first-order valence-electron chi connectivity index (χ1n) is 13.2. The second-order valence-electron chi connectivity index (χ2n) is 9.55. The van der Waals surface area contributed by atoms with Gasteiger partial charge < -0.3 is 24.6 Å². The SMILES string of the molecule is CCOC(=O)C1=C(CN2CCN(C(=O)N3CCOCC3)CC2)NC(c2nccs2)=NC1c1cccc(F)c1C. The van der Waals surface area contributed by atoms with Crippen LogP contribution < -0.4 is 5.32 Å². The molecule has 2 amide bonds. The molecule has 4 heterocycles. The van der Waals surface area contributed by atoms with Crippen molar-refractivity contribution in [2.45, 2.75) is 19.9 Å². The fraction of sp³-hybridized carbons (Fsp3) is 0.481. The van der Waals surface area contributed by atoms with Gasteiger partial charge in [0, 0.05) is 63.1 Å². The maximum Gasteiger partial charge on any atom is 0.338 e. The molecule has 1 N–H and O–H groups in total. The molecule has 0 aliphatic carbocycles. The lowest BCUT2D eigenvalue weighted by Crippen LogP contribution is -2.55. The Morgan fingerprint density at radius 1 is 1.15 bits per heavy atom. The summed E-state index contributed by atoms with van der Waals surface area (Å²) in [6, 6.07) is 4.12. The highest BCUT2D eigenvalue weighted by molar-refractivity contribution is 7.11. The van der Waals surface area contributed by atoms with E-state index in [1.807, 2.05) is 15.2 Å². The van der Waals surface area contributed by atoms with E-state index in [0.717, 1.165) is 0 Å². The van der Waals surface area contributed by atoms with Crippen molar-refractivity contribution in [1.82, 2.24) is 25.0 Å². The number of carbonyl (C=O) groups excluding carboxylic acids is 2. The number of halogens is 1. The minimum absolute atomic E-state index is 0.0417. The van der Waals surface area contributed by atoms with Gasteiger partial charge in [-0.3, -0.25) is 9.89 Å². The monoisotopic (exact) mass is 556 g/mol. The average molecular weight is 557 g/mol. The van der Waals surface area contributed by atoms with E-state index in [1.165, 1.54) is 17.4 Å². The third-order valence-electron chi connectivity index (χ3n) is 7.17. The van der Waals surface area contributed by atoms with Crippen LogP contribution in [0.15, 0.2) is 46.0 Å². The Kier molecular flexibility index (Phi) is 8.53. The number of amides is 2. The number of morpholine rings is 1. The molecular formula is C27H33FN6O4S. The van der Waals surface area contributed by atoms with Gasteiger partial charge in [0.05, 0.1) is 25.4 Å². The van der Waals surface area contributed by atoms with Crippen LogP contribution in [0.4, 0.5) is 9.18 Å². The van der Waals surface area contributed by atoms with Gasteiger partial charge in [-0.2, -0.15) is 0 Å². The number of hydrogen-bond donors (Lipinski definition) is 1. The second kappa shape index (κ2) is 12.2. The largest absolute Gasteiger partial charge is 0.463 e. The lowest BCUT2D eigenvalue weighted by molar-refractivity contribution is -0.139. The molecule has 12 heteroatoms. The number of esters is 1. The van der Waals surface area contributed by atoms with E-state index in [9.17, 15) is 14.0 Å². The second-order valence-corrected chi connectivity index (χ2v) is 10.4. The highest BCUT2D eigenvalue weighted by atomic mass is 32.1. The number of ether oxygens (including phenoxy) is 2. The van der Waals surface area contributed by atoms with Crippen LogP contribution in [0.3, 0.4) is 0 Å². The van der Waals surface area contributed by atoms with E-state index in [2.05, 4.69) is 15.2 Å². The minimum atomic E-state index is -0.751. The van der Waals surface area contributed by atoms with Crippen LogP contribution in [0.1, 0.15) is 29.1 Å². The van der Waals surface area contributed by atoms with Gasteiger partial charge in [0.1, 0.15) is 11.9 Å². The van der Waals surface area contributed by atoms with E-state index in [1.54, 1.807) is 32.2 Å². The van der Waals surface area contributed by atoms with Crippen LogP contribution in [0.5, 0.6) is 0 Å². The van der Waals surface area contributed by atoms with Crippen molar-refractivity contribution in [2.75, 3.05) is 65.6 Å². The third-order valence-corrected chi connectivity index (χ3v) is 7.95. The minimum Gasteiger partial charge on any atom is -0.463 e. The summed E-state index contributed by atoms with van der Waals surface area (Å²) < 4.78 is 25.5. The van der Waals surface area contributed by atoms with E-state index >= 15 is 0 Å². The number of nitrogens with zero attached hydrogens (tertiary/aromatic N) is 5. The zero-order chi connectivity index (χ0) is 27.4. The Hall–Kier alpha value is -3.35. The van der Waals surface area contributed by atoms with Crippen LogP contribution in [0.25, 0.3) is 0 Å². The lowest BCUT2D eigenvalue weighted by Gasteiger charge is -2.39. The van der Waals surface area contributed by atoms with Crippen molar-refractivity contribution < 1.29 is 23.5 Å². The van der Waals surface area contributed by atoms with Gasteiger partial charge in [-0.05, 0) is 31.0 Å². The summed E-state index contributed by atoms with van der Waals surface area (Å²) in [6.07, 6.45) is 1.70. The Bertz CT molecular complexity index is 1250. The highest BCUT2D eigenvalue weighted by Gasteiger charge is 2.35. The van der Waals surface area contributed by atoms with Crippen LogP contribution in [-0.4, -0.2) is 103 Å². The first kappa shape index (κ1) is 27.2. The van der Waals surface area contributed by atoms with Crippen molar-refractivity contribution in [3.63, 3.8) is 0 Å². The van der Waals surface area contributed by atoms with Gasteiger partial charge in [-0.1, -0.05) is 12.1 Å². The summed E-state index contributed by atoms with van der Waals surface area (Å²) in [5.74, 6) is -0.317. The molecule has 0 spiro atoms. The van der Waals surface area contributed by atoms with E-state index in [4.69, 9.17) is 14.5 Å². The lowest BCUT2D eigenvalue weighted by atomic mass is 9.92. The molecule has 1 unspecified atom stereocenters. The number of benzene rings is 1. The van der Waals surface area contributed by atoms with Gasteiger partial charge in [-0.15, -0.1) is 11.3 Å². The molecular weight excluding hydrogens is 523 g/mol. The quantitative estimate of drug-likeness (QED) is 0.546. The number of hydrogen-bond acceptors (Lipinski definition) is 9. The molecule has 5 rings (SSSR count). The van der Waals surface area contributed by atoms with E-state index < -0.39 is 12.0 Å². The Morgan fingerprint density at radius 3 is 2.59 bits per heavy atom. The zero-order valence-corrected chi connectivity index (χ0v) is 23.0. The number of carbonyl (C=O) groups is 2. The maximum absolute atomic E-state index is 14.6. The standard InChI is InChI=1S/C27H33FN6O4S/c1-3-38-26(35)22-21(17-32-8-10-33(11-9-32)27(36)34-12-14-37-15-13-34)30-24(25-29-7-16-39-25)31-23(22)19-5-4-6-20(28)18(19)2/h4-7,16,23H,3,8-15,17H2,1-2H3,(H,30,31). The first-order chi connectivity index (χ1) is 19.0. The molecule has 3 aliphatic heterocycles. The highest BCUT2D eigenvalue weighted by Crippen LogP contribution is 2.35. The predicted molar refractivity (Wildman–Crippen MR) is 145 cm³/mol. The summed E-state index contributed by atoms with van der Waals surface area (Å²) >= 11 is 1.43. The number of aromatic nitrogens is 1. The summed E-state index contributed by atoms with van der Waals surface area (Å²) in [7, 11) is 0. The van der Waals surface area contributed by atoms with Crippen molar-refractivity contribution in [3.8, 4) is 0 Å². The van der Waals surface area contributed by atoms with Crippen molar-refractivity contribution in [1.29, 1.82) is 0 Å². The van der Waals surface area contributed by atoms with Crippen LogP contribution in [0, 0.1) is 12.7 Å². The number of amidine groups is 1. The molecule has 1 aromatic heterocycles. The molecule has 0 radical (unpaired) electrons. The first-order valence-corrected chi connectivity index (χ1v) is 14.1. The number of rotatable bonds is 6. The summed E-state index contributed by atoms with van der Waals surface area (Å²) in [5.41, 5.74) is 2.04. The number of urea groups is 1. The van der Waals surface area contributed by atoms with Crippen LogP contribution in [-0.2, 0) is 14.3 Å². The van der Waals surface area contributed by atoms with Crippen molar-refractivity contribution in [3.05, 3.63) is 63.0 Å². The van der Waals surface area contributed by atoms with Gasteiger partial charge >= 0.3 is 12.0 Å². The fourth-order valence-electron chi connectivity index (χ4n) is 5.04. The molecule has 2 aromatic rings. The summed E-state index contributed by atoms with van der Waals surface area (Å²) in [4.78, 5) is 41.5. The fourth-order valence-corrected chi connectivity index (χ4v) is 5.63. The van der Waals surface area contributed by atoms with E-state index in [0.29, 0.717) is 92.3 Å². The maximum atomic E-state index is 14.6. The van der Waals surface area contributed by atoms with Gasteiger partial charge in [0.15, 0.2) is 10.8 Å². The zero-order valence-electron chi connectivity index (χ0n) is 22.2. The van der Waals surface area contributed by atoms with Gasteiger partial charge in [0.2, 0.25) is 0 Å². The number of nitrogens with one attached hydrogen (secondary N) is 1. The molecule has 2 fully saturated rings. The molecule has 0 saturated carbocycles. The Labute approximate surface area is 231 Å². The molecule has 3 aliphatic rings. The number of aliphatic imine (C=N–C) groups is 1. The van der Waals surface area contributed by atoms with Crippen molar-refractivity contribution >= 4 is 29.2 Å². The molecule has 10 nitrogen and oxygen atoms in total. The number of piperazine rings is 1. The summed E-state index contributed by atoms with van der Waals surface area (Å²) in [5, 5.41) is 5.89. The van der Waals surface area contributed by atoms with Gasteiger partial charge in [-0.25, -0.2) is 19.0 Å². The molecule has 208 valence electrons.